The summed E-state index contributed by atoms with van der Waals surface area (Å²) >= 11 is 6.10. The summed E-state index contributed by atoms with van der Waals surface area (Å²) in [5, 5.41) is 8.02. The van der Waals surface area contributed by atoms with Gasteiger partial charge in [-0.3, -0.25) is 4.79 Å². The van der Waals surface area contributed by atoms with Gasteiger partial charge < -0.3 is 10.1 Å². The van der Waals surface area contributed by atoms with Crippen LogP contribution in [-0.2, 0) is 24.3 Å². The number of rotatable bonds is 8. The summed E-state index contributed by atoms with van der Waals surface area (Å²) in [6.07, 6.45) is 2.50. The Balaban J connectivity index is 1.67. The van der Waals surface area contributed by atoms with E-state index in [1.807, 2.05) is 69.3 Å². The van der Waals surface area contributed by atoms with Crippen LogP contribution in [0.5, 0.6) is 0 Å². The van der Waals surface area contributed by atoms with E-state index in [0.29, 0.717) is 30.2 Å². The van der Waals surface area contributed by atoms with Crippen LogP contribution >= 0.6 is 11.6 Å². The molecule has 0 saturated heterocycles. The smallest absolute Gasteiger partial charge is 0.255 e. The predicted octanol–water partition coefficient (Wildman–Crippen LogP) is 4.94. The van der Waals surface area contributed by atoms with Gasteiger partial charge in [-0.05, 0) is 49.6 Å². The lowest BCUT2D eigenvalue weighted by Crippen LogP contribution is -2.23. The summed E-state index contributed by atoms with van der Waals surface area (Å²) < 4.78 is 7.38. The van der Waals surface area contributed by atoms with Gasteiger partial charge in [0.1, 0.15) is 0 Å². The van der Waals surface area contributed by atoms with Gasteiger partial charge in [0.05, 0.1) is 35.9 Å². The first-order valence-corrected chi connectivity index (χ1v) is 10.2. The van der Waals surface area contributed by atoms with Crippen LogP contribution in [-0.4, -0.2) is 21.8 Å². The van der Waals surface area contributed by atoms with Gasteiger partial charge in [-0.25, -0.2) is 4.68 Å². The van der Waals surface area contributed by atoms with Crippen molar-refractivity contribution in [1.82, 2.24) is 15.1 Å². The molecule has 1 heterocycles. The molecule has 152 valence electrons. The number of carbonyl (C=O) groups excluding carboxylic acids is 1. The third-order valence-corrected chi connectivity index (χ3v) is 4.80. The number of nitrogens with zero attached hydrogens (tertiary/aromatic N) is 2. The monoisotopic (exact) mass is 411 g/mol. The standard InChI is InChI=1S/C23H26ClN3O2/c1-4-22-21(14-26-27(22)20-7-5-6-19(24)12-20)23(28)25-13-17-8-10-18(11-9-17)15-29-16(2)3/h5-12,14,16H,4,13,15H2,1-3H3,(H,25,28). The highest BCUT2D eigenvalue weighted by atomic mass is 35.5. The van der Waals surface area contributed by atoms with E-state index in [1.165, 1.54) is 0 Å². The second kappa shape index (κ2) is 9.72. The molecule has 0 atom stereocenters. The summed E-state index contributed by atoms with van der Waals surface area (Å²) in [5.41, 5.74) is 4.42. The maximum atomic E-state index is 12.7. The highest BCUT2D eigenvalue weighted by molar-refractivity contribution is 6.30. The average molecular weight is 412 g/mol. The molecule has 2 aromatic carbocycles. The molecule has 6 heteroatoms. The van der Waals surface area contributed by atoms with E-state index in [-0.39, 0.29) is 12.0 Å². The van der Waals surface area contributed by atoms with Crippen LogP contribution in [0, 0.1) is 0 Å². The van der Waals surface area contributed by atoms with Gasteiger partial charge in [0.25, 0.3) is 5.91 Å². The number of ether oxygens (including phenoxy) is 1. The van der Waals surface area contributed by atoms with Crippen LogP contribution in [0.15, 0.2) is 54.7 Å². The molecule has 0 saturated carbocycles. The normalized spacial score (nSPS) is 11.1. The first-order chi connectivity index (χ1) is 14.0. The fraction of sp³-hybridized carbons (Fsp3) is 0.304. The van der Waals surface area contributed by atoms with Crippen LogP contribution in [0.4, 0.5) is 0 Å². The zero-order chi connectivity index (χ0) is 20.8. The highest BCUT2D eigenvalue weighted by Gasteiger charge is 2.17. The Morgan fingerprint density at radius 2 is 1.90 bits per heavy atom. The first-order valence-electron chi connectivity index (χ1n) is 9.78. The molecule has 0 aliphatic heterocycles. The van der Waals surface area contributed by atoms with E-state index in [2.05, 4.69) is 10.4 Å². The number of amides is 1. The molecule has 5 nitrogen and oxygen atoms in total. The fourth-order valence-corrected chi connectivity index (χ4v) is 3.21. The topological polar surface area (TPSA) is 56.1 Å². The summed E-state index contributed by atoms with van der Waals surface area (Å²) in [6.45, 7) is 7.08. The van der Waals surface area contributed by atoms with Gasteiger partial charge in [0.15, 0.2) is 0 Å². The number of aromatic nitrogens is 2. The number of carbonyl (C=O) groups is 1. The van der Waals surface area contributed by atoms with E-state index < -0.39 is 0 Å². The second-order valence-corrected chi connectivity index (χ2v) is 7.55. The number of hydrogen-bond donors (Lipinski definition) is 1. The molecule has 1 amide bonds. The summed E-state index contributed by atoms with van der Waals surface area (Å²) in [4.78, 5) is 12.7. The molecule has 1 aromatic heterocycles. The first kappa shape index (κ1) is 21.1. The number of nitrogens with one attached hydrogen (secondary N) is 1. The molecule has 1 N–H and O–H groups in total. The number of hydrogen-bond acceptors (Lipinski definition) is 3. The van der Waals surface area contributed by atoms with Crippen molar-refractivity contribution in [3.63, 3.8) is 0 Å². The van der Waals surface area contributed by atoms with Crippen LogP contribution in [0.3, 0.4) is 0 Å². The minimum Gasteiger partial charge on any atom is -0.374 e. The lowest BCUT2D eigenvalue weighted by Gasteiger charge is -2.10. The maximum absolute atomic E-state index is 12.7. The predicted molar refractivity (Wildman–Crippen MR) is 115 cm³/mol. The highest BCUT2D eigenvalue weighted by Crippen LogP contribution is 2.19. The molecule has 0 aliphatic rings. The van der Waals surface area contributed by atoms with Crippen LogP contribution < -0.4 is 5.32 Å². The molecule has 0 unspecified atom stereocenters. The van der Waals surface area contributed by atoms with Crippen LogP contribution in [0.1, 0.15) is 48.0 Å². The number of benzene rings is 2. The lowest BCUT2D eigenvalue weighted by molar-refractivity contribution is 0.0657. The third-order valence-electron chi connectivity index (χ3n) is 4.56. The van der Waals surface area contributed by atoms with E-state index in [4.69, 9.17) is 16.3 Å². The summed E-state index contributed by atoms with van der Waals surface area (Å²) in [6, 6.07) is 15.5. The summed E-state index contributed by atoms with van der Waals surface area (Å²) in [5.74, 6) is -0.137. The van der Waals surface area contributed by atoms with Gasteiger partial charge in [-0.1, -0.05) is 48.9 Å². The minimum atomic E-state index is -0.137. The molecule has 3 rings (SSSR count). The van der Waals surface area contributed by atoms with Gasteiger partial charge in [-0.15, -0.1) is 0 Å². The van der Waals surface area contributed by atoms with E-state index in [1.54, 1.807) is 10.9 Å². The molecule has 0 fully saturated rings. The second-order valence-electron chi connectivity index (χ2n) is 7.11. The van der Waals surface area contributed by atoms with Gasteiger partial charge >= 0.3 is 0 Å². The van der Waals surface area contributed by atoms with Crippen LogP contribution in [0.25, 0.3) is 5.69 Å². The van der Waals surface area contributed by atoms with Crippen molar-refractivity contribution in [3.8, 4) is 5.69 Å². The Kier molecular flexibility index (Phi) is 7.07. The van der Waals surface area contributed by atoms with Crippen molar-refractivity contribution >= 4 is 17.5 Å². The molecule has 3 aromatic rings. The van der Waals surface area contributed by atoms with Gasteiger partial charge in [-0.2, -0.15) is 5.10 Å². The average Bonchev–Trinajstić information content (AvgIpc) is 3.15. The Bertz CT molecular complexity index is 965. The van der Waals surface area contributed by atoms with Crippen LogP contribution in [0.2, 0.25) is 5.02 Å². The molecule has 0 radical (unpaired) electrons. The van der Waals surface area contributed by atoms with Gasteiger partial charge in [0.2, 0.25) is 0 Å². The van der Waals surface area contributed by atoms with Crippen molar-refractivity contribution < 1.29 is 9.53 Å². The van der Waals surface area contributed by atoms with Gasteiger partial charge in [0, 0.05) is 11.6 Å². The SMILES string of the molecule is CCc1c(C(=O)NCc2ccc(COC(C)C)cc2)cnn1-c1cccc(Cl)c1. The Morgan fingerprint density at radius 1 is 1.17 bits per heavy atom. The Labute approximate surface area is 176 Å². The zero-order valence-corrected chi connectivity index (χ0v) is 17.7. The summed E-state index contributed by atoms with van der Waals surface area (Å²) in [7, 11) is 0. The quantitative estimate of drug-likeness (QED) is 0.571. The van der Waals surface area contributed by atoms with E-state index in [0.717, 1.165) is 22.5 Å². The lowest BCUT2D eigenvalue weighted by atomic mass is 10.1. The number of halogens is 1. The molecular formula is C23H26ClN3O2. The molecule has 0 aliphatic carbocycles. The minimum absolute atomic E-state index is 0.137. The van der Waals surface area contributed by atoms with E-state index in [9.17, 15) is 4.79 Å². The fourth-order valence-electron chi connectivity index (χ4n) is 3.03. The Hall–Kier alpha value is -2.63. The molecular weight excluding hydrogens is 386 g/mol. The zero-order valence-electron chi connectivity index (χ0n) is 17.0. The Morgan fingerprint density at radius 3 is 2.55 bits per heavy atom. The van der Waals surface area contributed by atoms with Crippen molar-refractivity contribution in [2.75, 3.05) is 0 Å². The van der Waals surface area contributed by atoms with Crippen molar-refractivity contribution in [2.45, 2.75) is 46.4 Å². The largest absolute Gasteiger partial charge is 0.374 e. The maximum Gasteiger partial charge on any atom is 0.255 e. The molecule has 29 heavy (non-hydrogen) atoms. The molecule has 0 spiro atoms. The molecule has 0 bridgehead atoms. The van der Waals surface area contributed by atoms with Crippen molar-refractivity contribution in [3.05, 3.63) is 82.1 Å². The third kappa shape index (κ3) is 5.46. The van der Waals surface area contributed by atoms with E-state index >= 15 is 0 Å². The van der Waals surface area contributed by atoms with Crippen molar-refractivity contribution in [2.24, 2.45) is 0 Å². The van der Waals surface area contributed by atoms with Crippen molar-refractivity contribution in [1.29, 1.82) is 0 Å².